The Balaban J connectivity index is 1.96. The molecule has 0 aromatic heterocycles. The van der Waals surface area contributed by atoms with Crippen molar-refractivity contribution in [1.82, 2.24) is 0 Å². The Morgan fingerprint density at radius 1 is 0.559 bits per heavy atom. The molecule has 0 bridgehead atoms. The van der Waals surface area contributed by atoms with Gasteiger partial charge in [0.15, 0.2) is 0 Å². The van der Waals surface area contributed by atoms with Gasteiger partial charge in [0.1, 0.15) is 0 Å². The van der Waals surface area contributed by atoms with E-state index in [1.807, 2.05) is 41.5 Å². The third-order valence-electron chi connectivity index (χ3n) is 5.84. The van der Waals surface area contributed by atoms with Gasteiger partial charge < -0.3 is 0 Å². The molecule has 0 amide bonds. The highest BCUT2D eigenvalue weighted by atomic mass is 32.2. The maximum atomic E-state index is 13.1. The van der Waals surface area contributed by atoms with Crippen LogP contribution in [0.2, 0.25) is 0 Å². The van der Waals surface area contributed by atoms with Gasteiger partial charge in [0, 0.05) is 0 Å². The van der Waals surface area contributed by atoms with Gasteiger partial charge in [-0.05, 0) is 84.3 Å². The molecule has 8 heteroatoms. The van der Waals surface area contributed by atoms with Gasteiger partial charge in [-0.15, -0.1) is 0 Å². The number of benzene rings is 3. The second-order valence-electron chi connectivity index (χ2n) is 9.14. The van der Waals surface area contributed by atoms with Crippen LogP contribution in [-0.4, -0.2) is 16.8 Å². The molecule has 182 valence electrons. The number of hydrogen-bond acceptors (Lipinski definition) is 4. The number of rotatable bonds is 8. The zero-order valence-electron chi connectivity index (χ0n) is 20.4. The monoisotopic (exact) mass is 500 g/mol. The maximum absolute atomic E-state index is 13.1. The van der Waals surface area contributed by atoms with Crippen LogP contribution in [0.1, 0.15) is 61.8 Å². The molecule has 0 saturated carbocycles. The molecule has 3 rings (SSSR count). The Labute approximate surface area is 203 Å². The van der Waals surface area contributed by atoms with Crippen molar-refractivity contribution in [2.45, 2.75) is 63.2 Å². The van der Waals surface area contributed by atoms with Crippen LogP contribution in [0.15, 0.2) is 70.5 Å². The van der Waals surface area contributed by atoms with Crippen LogP contribution in [0.4, 0.5) is 11.4 Å². The van der Waals surface area contributed by atoms with E-state index >= 15 is 0 Å². The lowest BCUT2D eigenvalue weighted by molar-refractivity contribution is 0.599. The number of sulfonamides is 2. The zero-order chi connectivity index (χ0) is 25.3. The topological polar surface area (TPSA) is 92.3 Å². The molecular formula is C26H32N2O4S2. The van der Waals surface area contributed by atoms with Crippen LogP contribution < -0.4 is 9.44 Å². The lowest BCUT2D eigenvalue weighted by Gasteiger charge is -2.17. The summed E-state index contributed by atoms with van der Waals surface area (Å²) < 4.78 is 57.4. The summed E-state index contributed by atoms with van der Waals surface area (Å²) in [5.74, 6) is 0.556. The van der Waals surface area contributed by atoms with E-state index in [2.05, 4.69) is 9.44 Å². The first kappa shape index (κ1) is 25.8. The highest BCUT2D eigenvalue weighted by Crippen LogP contribution is 2.31. The van der Waals surface area contributed by atoms with Gasteiger partial charge >= 0.3 is 0 Å². The number of hydrogen-bond donors (Lipinski definition) is 2. The fourth-order valence-electron chi connectivity index (χ4n) is 3.46. The molecule has 0 spiro atoms. The second-order valence-corrected chi connectivity index (χ2v) is 12.5. The molecule has 0 aliphatic heterocycles. The average Bonchev–Trinajstić information content (AvgIpc) is 2.77. The normalized spacial score (nSPS) is 12.2. The summed E-state index contributed by atoms with van der Waals surface area (Å²) in [4.78, 5) is 0.210. The second kappa shape index (κ2) is 9.80. The van der Waals surface area contributed by atoms with E-state index in [9.17, 15) is 16.8 Å². The minimum Gasteiger partial charge on any atom is -0.277 e. The summed E-state index contributed by atoms with van der Waals surface area (Å²) >= 11 is 0. The third kappa shape index (κ3) is 5.80. The Morgan fingerprint density at radius 2 is 0.853 bits per heavy atom. The van der Waals surface area contributed by atoms with Gasteiger partial charge in [-0.25, -0.2) is 16.8 Å². The van der Waals surface area contributed by atoms with Crippen LogP contribution in [0, 0.1) is 13.8 Å². The summed E-state index contributed by atoms with van der Waals surface area (Å²) in [5, 5.41) is 0. The molecule has 3 aromatic rings. The summed E-state index contributed by atoms with van der Waals surface area (Å²) in [6, 6.07) is 16.6. The SMILES string of the molecule is Cc1cc(NS(=O)(=O)c2ccc(C(C)C)cc2)c(NS(=O)(=O)c2ccc(C(C)C)cc2)cc1C. The first-order valence-corrected chi connectivity index (χ1v) is 14.1. The Hall–Kier alpha value is -2.84. The van der Waals surface area contributed by atoms with E-state index in [-0.39, 0.29) is 33.0 Å². The van der Waals surface area contributed by atoms with Crippen molar-refractivity contribution >= 4 is 31.4 Å². The lowest BCUT2D eigenvalue weighted by Crippen LogP contribution is -2.18. The van der Waals surface area contributed by atoms with Crippen LogP contribution in [0.25, 0.3) is 0 Å². The molecule has 6 nitrogen and oxygen atoms in total. The highest BCUT2D eigenvalue weighted by Gasteiger charge is 2.21. The summed E-state index contributed by atoms with van der Waals surface area (Å²) in [5.41, 5.74) is 4.05. The van der Waals surface area contributed by atoms with Crippen molar-refractivity contribution in [3.63, 3.8) is 0 Å². The Kier molecular flexibility index (Phi) is 7.43. The van der Waals surface area contributed by atoms with Crippen molar-refractivity contribution in [3.8, 4) is 0 Å². The van der Waals surface area contributed by atoms with Gasteiger partial charge in [0.2, 0.25) is 0 Å². The minimum atomic E-state index is -3.93. The molecule has 0 saturated heterocycles. The third-order valence-corrected chi connectivity index (χ3v) is 8.60. The first-order chi connectivity index (χ1) is 15.8. The van der Waals surface area contributed by atoms with Gasteiger partial charge in [-0.3, -0.25) is 9.44 Å². The van der Waals surface area contributed by atoms with Gasteiger partial charge in [-0.2, -0.15) is 0 Å². The summed E-state index contributed by atoms with van der Waals surface area (Å²) in [7, 11) is -7.86. The minimum absolute atomic E-state index is 0.105. The van der Waals surface area contributed by atoms with Crippen molar-refractivity contribution in [3.05, 3.63) is 82.9 Å². The molecule has 2 N–H and O–H groups in total. The highest BCUT2D eigenvalue weighted by molar-refractivity contribution is 7.93. The molecule has 0 atom stereocenters. The molecule has 0 aliphatic carbocycles. The van der Waals surface area contributed by atoms with Gasteiger partial charge in [0.25, 0.3) is 20.0 Å². The molecule has 0 unspecified atom stereocenters. The van der Waals surface area contributed by atoms with Crippen molar-refractivity contribution in [2.75, 3.05) is 9.44 Å². The summed E-state index contributed by atoms with van der Waals surface area (Å²) in [6.45, 7) is 11.8. The molecule has 0 radical (unpaired) electrons. The van der Waals surface area contributed by atoms with E-state index in [1.54, 1.807) is 60.7 Å². The predicted octanol–water partition coefficient (Wildman–Crippen LogP) is 6.15. The molecule has 34 heavy (non-hydrogen) atoms. The molecule has 0 heterocycles. The fraction of sp³-hybridized carbons (Fsp3) is 0.308. The van der Waals surface area contributed by atoms with Gasteiger partial charge in [-0.1, -0.05) is 52.0 Å². The smallest absolute Gasteiger partial charge is 0.261 e. The van der Waals surface area contributed by atoms with Crippen molar-refractivity contribution in [1.29, 1.82) is 0 Å². The van der Waals surface area contributed by atoms with E-state index in [4.69, 9.17) is 0 Å². The van der Waals surface area contributed by atoms with Crippen LogP contribution in [0.5, 0.6) is 0 Å². The van der Waals surface area contributed by atoms with E-state index in [0.717, 1.165) is 22.3 Å². The van der Waals surface area contributed by atoms with Crippen LogP contribution >= 0.6 is 0 Å². The van der Waals surface area contributed by atoms with E-state index in [1.165, 1.54) is 0 Å². The molecule has 3 aromatic carbocycles. The standard InChI is InChI=1S/C26H32N2O4S2/c1-17(2)21-7-11-23(12-8-21)33(29,30)27-25-15-19(5)20(6)16-26(25)28-34(31,32)24-13-9-22(10-14-24)18(3)4/h7-18,27-28H,1-6H3. The van der Waals surface area contributed by atoms with E-state index in [0.29, 0.717) is 0 Å². The quantitative estimate of drug-likeness (QED) is 0.388. The van der Waals surface area contributed by atoms with Crippen molar-refractivity contribution < 1.29 is 16.8 Å². The molecule has 0 fully saturated rings. The lowest BCUT2D eigenvalue weighted by atomic mass is 10.0. The first-order valence-electron chi connectivity index (χ1n) is 11.2. The molecule has 0 aliphatic rings. The van der Waals surface area contributed by atoms with Crippen molar-refractivity contribution in [2.24, 2.45) is 0 Å². The zero-order valence-corrected chi connectivity index (χ0v) is 22.0. The number of aryl methyl sites for hydroxylation is 2. The van der Waals surface area contributed by atoms with E-state index < -0.39 is 20.0 Å². The predicted molar refractivity (Wildman–Crippen MR) is 139 cm³/mol. The largest absolute Gasteiger partial charge is 0.277 e. The van der Waals surface area contributed by atoms with Crippen LogP contribution in [0.3, 0.4) is 0 Å². The Bertz CT molecular complexity index is 1270. The van der Waals surface area contributed by atoms with Gasteiger partial charge in [0.05, 0.1) is 21.2 Å². The van der Waals surface area contributed by atoms with Crippen LogP contribution in [-0.2, 0) is 20.0 Å². The Morgan fingerprint density at radius 3 is 1.12 bits per heavy atom. The number of anilines is 2. The molecular weight excluding hydrogens is 468 g/mol. The number of nitrogens with one attached hydrogen (secondary N) is 2. The fourth-order valence-corrected chi connectivity index (χ4v) is 5.60. The summed E-state index contributed by atoms with van der Waals surface area (Å²) in [6.07, 6.45) is 0. The average molecular weight is 501 g/mol. The maximum Gasteiger partial charge on any atom is 0.261 e.